The summed E-state index contributed by atoms with van der Waals surface area (Å²) in [6.07, 6.45) is -6.73. The van der Waals surface area contributed by atoms with Crippen molar-refractivity contribution in [1.82, 2.24) is 0 Å². The molecule has 0 saturated carbocycles. The first kappa shape index (κ1) is 16.2. The Morgan fingerprint density at radius 1 is 1.14 bits per heavy atom. The van der Waals surface area contributed by atoms with Crippen molar-refractivity contribution in [1.29, 1.82) is 0 Å². The van der Waals surface area contributed by atoms with E-state index in [1.807, 2.05) is 30.3 Å². The fourth-order valence-electron chi connectivity index (χ4n) is 2.03. The molecule has 1 aliphatic heterocycles. The smallest absolute Gasteiger partial charge is 0.377 e. The van der Waals surface area contributed by atoms with Crippen molar-refractivity contribution in [2.24, 2.45) is 0 Å². The van der Waals surface area contributed by atoms with E-state index in [2.05, 4.69) is 0 Å². The van der Waals surface area contributed by atoms with E-state index < -0.39 is 24.2 Å². The Morgan fingerprint density at radius 3 is 2.43 bits per heavy atom. The number of benzene rings is 1. The predicted molar refractivity (Wildman–Crippen MR) is 67.2 cm³/mol. The molecular weight excluding hydrogens is 289 g/mol. The largest absolute Gasteiger partial charge is 0.445 e. The molecule has 2 rings (SSSR count). The molecule has 0 amide bonds. The van der Waals surface area contributed by atoms with Gasteiger partial charge in [-0.05, 0) is 18.4 Å². The number of hydrogen-bond acceptors (Lipinski definition) is 4. The number of halogens is 3. The Labute approximate surface area is 120 Å². The van der Waals surface area contributed by atoms with Crippen molar-refractivity contribution < 1.29 is 32.9 Å². The van der Waals surface area contributed by atoms with Gasteiger partial charge in [0.05, 0.1) is 12.7 Å². The minimum Gasteiger partial charge on any atom is -0.377 e. The minimum absolute atomic E-state index is 0.290. The Kier molecular flexibility index (Phi) is 4.88. The SMILES string of the molecule is OC(O)([C@H]1O[C@@H]1CCCOCc1ccccc1)C(F)(F)F. The van der Waals surface area contributed by atoms with E-state index in [1.54, 1.807) is 0 Å². The monoisotopic (exact) mass is 306 g/mol. The first-order valence-corrected chi connectivity index (χ1v) is 6.61. The summed E-state index contributed by atoms with van der Waals surface area (Å²) in [4.78, 5) is 0. The van der Waals surface area contributed by atoms with Gasteiger partial charge in [-0.15, -0.1) is 0 Å². The van der Waals surface area contributed by atoms with Crippen LogP contribution in [0.15, 0.2) is 30.3 Å². The topological polar surface area (TPSA) is 62.2 Å². The van der Waals surface area contributed by atoms with Crippen LogP contribution in [0.3, 0.4) is 0 Å². The lowest BCUT2D eigenvalue weighted by molar-refractivity contribution is -0.355. The van der Waals surface area contributed by atoms with E-state index in [1.165, 1.54) is 0 Å². The van der Waals surface area contributed by atoms with E-state index in [4.69, 9.17) is 19.7 Å². The van der Waals surface area contributed by atoms with Crippen molar-refractivity contribution in [3.8, 4) is 0 Å². The van der Waals surface area contributed by atoms with Crippen LogP contribution < -0.4 is 0 Å². The summed E-state index contributed by atoms with van der Waals surface area (Å²) in [5.74, 6) is -3.78. The molecule has 1 heterocycles. The zero-order valence-corrected chi connectivity index (χ0v) is 11.2. The van der Waals surface area contributed by atoms with E-state index in [9.17, 15) is 13.2 Å². The van der Waals surface area contributed by atoms with E-state index in [0.717, 1.165) is 5.56 Å². The molecule has 1 aromatic carbocycles. The van der Waals surface area contributed by atoms with Gasteiger partial charge in [0, 0.05) is 6.61 Å². The maximum absolute atomic E-state index is 12.3. The zero-order valence-electron chi connectivity index (χ0n) is 11.2. The quantitative estimate of drug-likeness (QED) is 0.459. The molecular formula is C14H17F3O4. The Hall–Kier alpha value is -1.15. The summed E-state index contributed by atoms with van der Waals surface area (Å²) >= 11 is 0. The minimum atomic E-state index is -5.11. The van der Waals surface area contributed by atoms with Gasteiger partial charge in [0.15, 0.2) is 0 Å². The second-order valence-corrected chi connectivity index (χ2v) is 5.00. The highest BCUT2D eigenvalue weighted by molar-refractivity contribution is 5.13. The number of aliphatic hydroxyl groups is 2. The molecule has 21 heavy (non-hydrogen) atoms. The molecule has 0 unspecified atom stereocenters. The maximum atomic E-state index is 12.3. The third kappa shape index (κ3) is 4.16. The summed E-state index contributed by atoms with van der Waals surface area (Å²) in [5.41, 5.74) is 1.01. The van der Waals surface area contributed by atoms with Crippen molar-refractivity contribution >= 4 is 0 Å². The molecule has 1 aromatic rings. The highest BCUT2D eigenvalue weighted by Gasteiger charge is 2.67. The molecule has 0 aliphatic carbocycles. The molecule has 1 saturated heterocycles. The summed E-state index contributed by atoms with van der Waals surface area (Å²) in [6, 6.07) is 9.50. The van der Waals surface area contributed by atoms with Crippen molar-refractivity contribution in [3.05, 3.63) is 35.9 Å². The predicted octanol–water partition coefficient (Wildman–Crippen LogP) is 1.99. The molecule has 1 fully saturated rings. The van der Waals surface area contributed by atoms with E-state index in [-0.39, 0.29) is 0 Å². The van der Waals surface area contributed by atoms with Gasteiger partial charge in [0.25, 0.3) is 5.79 Å². The van der Waals surface area contributed by atoms with Gasteiger partial charge in [-0.25, -0.2) is 0 Å². The Morgan fingerprint density at radius 2 is 1.81 bits per heavy atom. The molecule has 0 radical (unpaired) electrons. The van der Waals surface area contributed by atoms with Crippen molar-refractivity contribution in [2.75, 3.05) is 6.61 Å². The van der Waals surface area contributed by atoms with Crippen molar-refractivity contribution in [2.45, 2.75) is 43.6 Å². The summed E-state index contributed by atoms with van der Waals surface area (Å²) in [5, 5.41) is 18.0. The summed E-state index contributed by atoms with van der Waals surface area (Å²) in [7, 11) is 0. The first-order chi connectivity index (χ1) is 9.82. The van der Waals surface area contributed by atoms with Crippen LogP contribution in [0, 0.1) is 0 Å². The van der Waals surface area contributed by atoms with Crippen LogP contribution in [0.4, 0.5) is 13.2 Å². The number of ether oxygens (including phenoxy) is 2. The third-order valence-electron chi connectivity index (χ3n) is 3.29. The Balaban J connectivity index is 1.61. The average molecular weight is 306 g/mol. The number of alkyl halides is 3. The van der Waals surface area contributed by atoms with Crippen LogP contribution in [0.25, 0.3) is 0 Å². The zero-order chi connectivity index (χ0) is 15.5. The van der Waals surface area contributed by atoms with Crippen LogP contribution >= 0.6 is 0 Å². The van der Waals surface area contributed by atoms with E-state index in [0.29, 0.717) is 26.1 Å². The van der Waals surface area contributed by atoms with Gasteiger partial charge in [0.1, 0.15) is 6.10 Å². The average Bonchev–Trinajstić information content (AvgIpc) is 3.18. The number of hydrogen-bond donors (Lipinski definition) is 2. The maximum Gasteiger partial charge on any atom is 0.445 e. The second kappa shape index (κ2) is 6.31. The third-order valence-corrected chi connectivity index (χ3v) is 3.29. The second-order valence-electron chi connectivity index (χ2n) is 5.00. The van der Waals surface area contributed by atoms with Gasteiger partial charge in [-0.1, -0.05) is 30.3 Å². The van der Waals surface area contributed by atoms with Crippen molar-refractivity contribution in [3.63, 3.8) is 0 Å². The van der Waals surface area contributed by atoms with Crippen LogP contribution in [0.5, 0.6) is 0 Å². The van der Waals surface area contributed by atoms with Crippen LogP contribution in [-0.4, -0.2) is 41.0 Å². The highest BCUT2D eigenvalue weighted by Crippen LogP contribution is 2.42. The van der Waals surface area contributed by atoms with Gasteiger partial charge in [-0.2, -0.15) is 13.2 Å². The summed E-state index contributed by atoms with van der Waals surface area (Å²) < 4.78 is 47.1. The fourth-order valence-corrected chi connectivity index (χ4v) is 2.03. The molecule has 4 nitrogen and oxygen atoms in total. The van der Waals surface area contributed by atoms with Crippen LogP contribution in [-0.2, 0) is 16.1 Å². The fraction of sp³-hybridized carbons (Fsp3) is 0.571. The molecule has 2 atom stereocenters. The standard InChI is InChI=1S/C14H17F3O4/c15-14(16,17)13(18,19)12-11(21-12)7-4-8-20-9-10-5-2-1-3-6-10/h1-3,5-6,11-12,18-19H,4,7-9H2/t11-,12+/m1/s1. The lowest BCUT2D eigenvalue weighted by atomic mass is 10.1. The Bertz CT molecular complexity index is 447. The summed E-state index contributed by atoms with van der Waals surface area (Å²) in [6.45, 7) is 0.805. The molecule has 1 aliphatic rings. The van der Waals surface area contributed by atoms with Crippen LogP contribution in [0.2, 0.25) is 0 Å². The lowest BCUT2D eigenvalue weighted by Crippen LogP contribution is -2.50. The van der Waals surface area contributed by atoms with E-state index >= 15 is 0 Å². The van der Waals surface area contributed by atoms with Gasteiger partial charge >= 0.3 is 6.18 Å². The molecule has 0 aromatic heterocycles. The number of epoxide rings is 1. The number of rotatable bonds is 7. The van der Waals surface area contributed by atoms with Gasteiger partial charge in [-0.3, -0.25) is 0 Å². The lowest BCUT2D eigenvalue weighted by Gasteiger charge is -2.22. The molecule has 118 valence electrons. The normalized spacial score (nSPS) is 22.3. The molecule has 2 N–H and O–H groups in total. The molecule has 0 bridgehead atoms. The highest BCUT2D eigenvalue weighted by atomic mass is 19.4. The molecule has 7 heteroatoms. The van der Waals surface area contributed by atoms with Gasteiger partial charge in [0.2, 0.25) is 0 Å². The van der Waals surface area contributed by atoms with Gasteiger partial charge < -0.3 is 19.7 Å². The van der Waals surface area contributed by atoms with Crippen LogP contribution in [0.1, 0.15) is 18.4 Å². The molecule has 0 spiro atoms. The first-order valence-electron chi connectivity index (χ1n) is 6.61.